The molecule has 0 bridgehead atoms. The van der Waals surface area contributed by atoms with Gasteiger partial charge in [-0.05, 0) is 30.7 Å². The summed E-state index contributed by atoms with van der Waals surface area (Å²) in [5, 5.41) is 6.38. The SMILES string of the molecule is O=C(NCCN1CCOCC1)C1CC1C(=O)Nc1ccc(Cl)cc1. The van der Waals surface area contributed by atoms with Crippen molar-refractivity contribution in [1.82, 2.24) is 10.2 Å². The van der Waals surface area contributed by atoms with Gasteiger partial charge in [-0.2, -0.15) is 0 Å². The highest BCUT2D eigenvalue weighted by atomic mass is 35.5. The molecule has 1 aliphatic heterocycles. The summed E-state index contributed by atoms with van der Waals surface area (Å²) in [7, 11) is 0. The Morgan fingerprint density at radius 1 is 1.12 bits per heavy atom. The second-order valence-corrected chi connectivity index (χ2v) is 6.63. The first kappa shape index (κ1) is 17.2. The third-order valence-electron chi connectivity index (χ3n) is 4.41. The van der Waals surface area contributed by atoms with Crippen LogP contribution in [0.15, 0.2) is 24.3 Å². The van der Waals surface area contributed by atoms with Crippen molar-refractivity contribution in [3.63, 3.8) is 0 Å². The van der Waals surface area contributed by atoms with Gasteiger partial charge < -0.3 is 15.4 Å². The van der Waals surface area contributed by atoms with E-state index < -0.39 is 0 Å². The molecule has 1 aromatic carbocycles. The monoisotopic (exact) mass is 351 g/mol. The van der Waals surface area contributed by atoms with Crippen molar-refractivity contribution < 1.29 is 14.3 Å². The van der Waals surface area contributed by atoms with Crippen LogP contribution in [0.2, 0.25) is 5.02 Å². The Bertz CT molecular complexity index is 587. The molecule has 2 amide bonds. The molecule has 24 heavy (non-hydrogen) atoms. The van der Waals surface area contributed by atoms with E-state index in [4.69, 9.17) is 16.3 Å². The standard InChI is InChI=1S/C17H22ClN3O3/c18-12-1-3-13(4-2-12)20-17(23)15-11-14(15)16(22)19-5-6-21-7-9-24-10-8-21/h1-4,14-15H,5-11H2,(H,19,22)(H,20,23). The van der Waals surface area contributed by atoms with Crippen LogP contribution >= 0.6 is 11.6 Å². The number of benzene rings is 1. The number of morpholine rings is 1. The van der Waals surface area contributed by atoms with Gasteiger partial charge in [0.2, 0.25) is 11.8 Å². The molecule has 1 aromatic rings. The summed E-state index contributed by atoms with van der Waals surface area (Å²) < 4.78 is 5.29. The molecule has 2 unspecified atom stereocenters. The first-order chi connectivity index (χ1) is 11.6. The summed E-state index contributed by atoms with van der Waals surface area (Å²) in [4.78, 5) is 26.5. The van der Waals surface area contributed by atoms with Crippen LogP contribution in [0, 0.1) is 11.8 Å². The molecule has 2 aliphatic rings. The molecule has 1 saturated carbocycles. The lowest BCUT2D eigenvalue weighted by Gasteiger charge is -2.26. The molecule has 6 nitrogen and oxygen atoms in total. The van der Waals surface area contributed by atoms with Gasteiger partial charge in [-0.1, -0.05) is 11.6 Å². The maximum atomic E-state index is 12.1. The molecule has 7 heteroatoms. The number of amides is 2. The maximum absolute atomic E-state index is 12.1. The highest BCUT2D eigenvalue weighted by Crippen LogP contribution is 2.39. The molecule has 2 atom stereocenters. The number of halogens is 1. The second-order valence-electron chi connectivity index (χ2n) is 6.19. The van der Waals surface area contributed by atoms with E-state index >= 15 is 0 Å². The molecule has 2 fully saturated rings. The van der Waals surface area contributed by atoms with E-state index in [9.17, 15) is 9.59 Å². The zero-order valence-electron chi connectivity index (χ0n) is 13.5. The van der Waals surface area contributed by atoms with E-state index in [0.717, 1.165) is 32.8 Å². The van der Waals surface area contributed by atoms with Crippen LogP contribution in [0.5, 0.6) is 0 Å². The normalized spacial score (nSPS) is 23.5. The number of carbonyl (C=O) groups is 2. The molecular weight excluding hydrogens is 330 g/mol. The fourth-order valence-corrected chi connectivity index (χ4v) is 2.96. The quantitative estimate of drug-likeness (QED) is 0.812. The van der Waals surface area contributed by atoms with Crippen LogP contribution < -0.4 is 10.6 Å². The molecule has 0 radical (unpaired) electrons. The Labute approximate surface area is 146 Å². The van der Waals surface area contributed by atoms with Gasteiger partial charge in [-0.25, -0.2) is 0 Å². The van der Waals surface area contributed by atoms with Crippen molar-refractivity contribution in [1.29, 1.82) is 0 Å². The summed E-state index contributed by atoms with van der Waals surface area (Å²) in [5.74, 6) is -0.573. The van der Waals surface area contributed by atoms with Crippen molar-refractivity contribution in [2.45, 2.75) is 6.42 Å². The van der Waals surface area contributed by atoms with Gasteiger partial charge >= 0.3 is 0 Å². The van der Waals surface area contributed by atoms with Crippen LogP contribution in [-0.4, -0.2) is 56.1 Å². The van der Waals surface area contributed by atoms with E-state index in [2.05, 4.69) is 15.5 Å². The van der Waals surface area contributed by atoms with Gasteiger partial charge in [0.25, 0.3) is 0 Å². The fourth-order valence-electron chi connectivity index (χ4n) is 2.84. The van der Waals surface area contributed by atoms with Gasteiger partial charge in [0.05, 0.1) is 25.0 Å². The number of hydrogen-bond donors (Lipinski definition) is 2. The third kappa shape index (κ3) is 4.69. The molecule has 1 heterocycles. The van der Waals surface area contributed by atoms with Gasteiger partial charge in [0, 0.05) is 36.9 Å². The summed E-state index contributed by atoms with van der Waals surface area (Å²) in [6.45, 7) is 4.76. The lowest BCUT2D eigenvalue weighted by atomic mass is 10.2. The summed E-state index contributed by atoms with van der Waals surface area (Å²) in [5.41, 5.74) is 0.697. The fraction of sp³-hybridized carbons (Fsp3) is 0.529. The minimum atomic E-state index is -0.232. The predicted molar refractivity (Wildman–Crippen MR) is 91.9 cm³/mol. The molecule has 0 aromatic heterocycles. The zero-order chi connectivity index (χ0) is 16.9. The summed E-state index contributed by atoms with van der Waals surface area (Å²) >= 11 is 5.82. The molecular formula is C17H22ClN3O3. The van der Waals surface area contributed by atoms with Crippen LogP contribution in [0.3, 0.4) is 0 Å². The number of rotatable bonds is 6. The van der Waals surface area contributed by atoms with Crippen molar-refractivity contribution in [3.8, 4) is 0 Å². The van der Waals surface area contributed by atoms with Gasteiger partial charge in [-0.15, -0.1) is 0 Å². The number of ether oxygens (including phenoxy) is 1. The summed E-state index contributed by atoms with van der Waals surface area (Å²) in [6, 6.07) is 6.94. The van der Waals surface area contributed by atoms with Crippen LogP contribution in [0.1, 0.15) is 6.42 Å². The summed E-state index contributed by atoms with van der Waals surface area (Å²) in [6.07, 6.45) is 0.614. The van der Waals surface area contributed by atoms with Crippen LogP contribution in [-0.2, 0) is 14.3 Å². The van der Waals surface area contributed by atoms with Gasteiger partial charge in [0.15, 0.2) is 0 Å². The lowest BCUT2D eigenvalue weighted by molar-refractivity contribution is -0.125. The second kappa shape index (κ2) is 7.96. The highest BCUT2D eigenvalue weighted by molar-refractivity contribution is 6.30. The topological polar surface area (TPSA) is 70.7 Å². The Morgan fingerprint density at radius 2 is 1.79 bits per heavy atom. The van der Waals surface area contributed by atoms with Gasteiger partial charge in [-0.3, -0.25) is 14.5 Å². The minimum Gasteiger partial charge on any atom is -0.379 e. The average molecular weight is 352 g/mol. The molecule has 2 N–H and O–H groups in total. The van der Waals surface area contributed by atoms with Crippen molar-refractivity contribution >= 4 is 29.1 Å². The number of anilines is 1. The largest absolute Gasteiger partial charge is 0.379 e. The van der Waals surface area contributed by atoms with Crippen molar-refractivity contribution in [2.24, 2.45) is 11.8 Å². The first-order valence-corrected chi connectivity index (χ1v) is 8.65. The van der Waals surface area contributed by atoms with E-state index in [0.29, 0.717) is 23.7 Å². The number of nitrogens with one attached hydrogen (secondary N) is 2. The molecule has 3 rings (SSSR count). The minimum absolute atomic E-state index is 0.0282. The zero-order valence-corrected chi connectivity index (χ0v) is 14.2. The van der Waals surface area contributed by atoms with E-state index in [1.807, 2.05) is 0 Å². The molecule has 130 valence electrons. The maximum Gasteiger partial charge on any atom is 0.228 e. The molecule has 1 saturated heterocycles. The lowest BCUT2D eigenvalue weighted by Crippen LogP contribution is -2.41. The van der Waals surface area contributed by atoms with Gasteiger partial charge in [0.1, 0.15) is 0 Å². The smallest absolute Gasteiger partial charge is 0.228 e. The Hall–Kier alpha value is -1.63. The third-order valence-corrected chi connectivity index (χ3v) is 4.66. The van der Waals surface area contributed by atoms with E-state index in [-0.39, 0.29) is 23.7 Å². The number of carbonyl (C=O) groups excluding carboxylic acids is 2. The van der Waals surface area contributed by atoms with E-state index in [1.54, 1.807) is 24.3 Å². The van der Waals surface area contributed by atoms with Crippen molar-refractivity contribution in [2.75, 3.05) is 44.7 Å². The van der Waals surface area contributed by atoms with E-state index in [1.165, 1.54) is 0 Å². The Kier molecular flexibility index (Phi) is 5.71. The highest BCUT2D eigenvalue weighted by Gasteiger charge is 2.47. The average Bonchev–Trinajstić information content (AvgIpc) is 3.39. The predicted octanol–water partition coefficient (Wildman–Crippen LogP) is 1.36. The first-order valence-electron chi connectivity index (χ1n) is 8.28. The molecule has 0 spiro atoms. The Morgan fingerprint density at radius 3 is 2.50 bits per heavy atom. The van der Waals surface area contributed by atoms with Crippen molar-refractivity contribution in [3.05, 3.63) is 29.3 Å². The number of hydrogen-bond acceptors (Lipinski definition) is 4. The molecule has 1 aliphatic carbocycles. The van der Waals surface area contributed by atoms with Crippen LogP contribution in [0.25, 0.3) is 0 Å². The van der Waals surface area contributed by atoms with Crippen LogP contribution in [0.4, 0.5) is 5.69 Å². The Balaban J connectivity index is 1.37. The number of nitrogens with zero attached hydrogens (tertiary/aromatic N) is 1.